The van der Waals surface area contributed by atoms with Crippen LogP contribution in [0.5, 0.6) is 0 Å². The lowest BCUT2D eigenvalue weighted by Crippen LogP contribution is -2.61. The standard InChI is InChI=1S/C24H38N2O2/c1-15-12-17-18-6-7-22(27)23(18,2)9-8-19(17)24(3)20(15)13-16(14-21(24)25-28)26-10-4-5-11-26/h15-20,28H,4-14H2,1-3H3/t15?,16?,17-,18-,19+,20?,23-,24+/m0/s1. The summed E-state index contributed by atoms with van der Waals surface area (Å²) in [6.07, 6.45) is 10.2. The molecule has 0 aromatic rings. The molecule has 4 aliphatic carbocycles. The zero-order valence-corrected chi connectivity index (χ0v) is 18.0. The predicted molar refractivity (Wildman–Crippen MR) is 110 cm³/mol. The second-order valence-electron chi connectivity index (χ2n) is 11.3. The summed E-state index contributed by atoms with van der Waals surface area (Å²) in [5.74, 6) is 3.54. The fourth-order valence-electron chi connectivity index (χ4n) is 8.85. The fraction of sp³-hybridized carbons (Fsp3) is 0.917. The number of Topliss-reactive ketones (excluding diaryl/α,β-unsaturated/α-hetero) is 1. The van der Waals surface area contributed by atoms with Crippen molar-refractivity contribution < 1.29 is 10.0 Å². The highest BCUT2D eigenvalue weighted by Crippen LogP contribution is 2.66. The van der Waals surface area contributed by atoms with Crippen molar-refractivity contribution in [3.05, 3.63) is 0 Å². The monoisotopic (exact) mass is 386 g/mol. The first kappa shape index (κ1) is 19.1. The molecule has 0 spiro atoms. The highest BCUT2D eigenvalue weighted by molar-refractivity contribution is 5.92. The Hall–Kier alpha value is -0.900. The Kier molecular flexibility index (Phi) is 4.47. The minimum absolute atomic E-state index is 0.0142. The lowest BCUT2D eigenvalue weighted by molar-refractivity contribution is -0.136. The van der Waals surface area contributed by atoms with Crippen LogP contribution in [-0.2, 0) is 4.79 Å². The van der Waals surface area contributed by atoms with Gasteiger partial charge in [-0.2, -0.15) is 0 Å². The average Bonchev–Trinajstić information content (AvgIpc) is 3.30. The maximum absolute atomic E-state index is 12.7. The van der Waals surface area contributed by atoms with Gasteiger partial charge >= 0.3 is 0 Å². The van der Waals surface area contributed by atoms with Gasteiger partial charge in [0.25, 0.3) is 0 Å². The number of carbonyl (C=O) groups is 1. The van der Waals surface area contributed by atoms with E-state index in [-0.39, 0.29) is 10.8 Å². The van der Waals surface area contributed by atoms with Crippen molar-refractivity contribution in [2.45, 2.75) is 84.6 Å². The maximum Gasteiger partial charge on any atom is 0.139 e. The first-order valence-corrected chi connectivity index (χ1v) is 11.9. The van der Waals surface area contributed by atoms with Crippen LogP contribution in [0.25, 0.3) is 0 Å². The van der Waals surface area contributed by atoms with Crippen molar-refractivity contribution in [1.82, 2.24) is 4.90 Å². The van der Waals surface area contributed by atoms with Crippen molar-refractivity contribution in [3.63, 3.8) is 0 Å². The Labute approximate surface area is 170 Å². The molecule has 5 fully saturated rings. The summed E-state index contributed by atoms with van der Waals surface area (Å²) in [4.78, 5) is 15.4. The van der Waals surface area contributed by atoms with E-state index in [0.717, 1.165) is 37.8 Å². The van der Waals surface area contributed by atoms with Gasteiger partial charge in [0.2, 0.25) is 0 Å². The summed E-state index contributed by atoms with van der Waals surface area (Å²) in [7, 11) is 0. The lowest BCUT2D eigenvalue weighted by Gasteiger charge is -2.62. The molecule has 3 unspecified atom stereocenters. The summed E-state index contributed by atoms with van der Waals surface area (Å²) in [5, 5.41) is 14.1. The number of carbonyl (C=O) groups excluding carboxylic acids is 1. The Balaban J connectivity index is 1.48. The van der Waals surface area contributed by atoms with Gasteiger partial charge in [-0.1, -0.05) is 25.9 Å². The molecular weight excluding hydrogens is 348 g/mol. The molecule has 0 aromatic heterocycles. The van der Waals surface area contributed by atoms with Crippen molar-refractivity contribution in [2.75, 3.05) is 13.1 Å². The summed E-state index contributed by atoms with van der Waals surface area (Å²) in [6, 6.07) is 0.562. The molecule has 28 heavy (non-hydrogen) atoms. The van der Waals surface area contributed by atoms with Crippen LogP contribution in [0.1, 0.15) is 78.6 Å². The third-order valence-electron chi connectivity index (χ3n) is 10.4. The average molecular weight is 387 g/mol. The molecule has 4 heteroatoms. The zero-order valence-electron chi connectivity index (χ0n) is 18.0. The normalized spacial score (nSPS) is 53.1. The molecule has 1 saturated heterocycles. The number of nitrogens with zero attached hydrogens (tertiary/aromatic N) is 2. The third-order valence-corrected chi connectivity index (χ3v) is 10.4. The van der Waals surface area contributed by atoms with Crippen LogP contribution in [0.4, 0.5) is 0 Å². The number of fused-ring (bicyclic) bond motifs is 5. The second-order valence-corrected chi connectivity index (χ2v) is 11.3. The van der Waals surface area contributed by atoms with E-state index in [0.29, 0.717) is 41.4 Å². The van der Waals surface area contributed by atoms with E-state index in [1.165, 1.54) is 38.8 Å². The van der Waals surface area contributed by atoms with Gasteiger partial charge in [0.1, 0.15) is 5.78 Å². The van der Waals surface area contributed by atoms with E-state index in [9.17, 15) is 10.0 Å². The smallest absolute Gasteiger partial charge is 0.139 e. The third kappa shape index (κ3) is 2.45. The topological polar surface area (TPSA) is 52.9 Å². The van der Waals surface area contributed by atoms with Crippen LogP contribution in [0, 0.1) is 40.4 Å². The molecule has 4 nitrogen and oxygen atoms in total. The molecule has 8 atom stereocenters. The van der Waals surface area contributed by atoms with Crippen molar-refractivity contribution in [3.8, 4) is 0 Å². The summed E-state index contributed by atoms with van der Waals surface area (Å²) >= 11 is 0. The SMILES string of the molecule is CC1C[C@@H]2[C@@H](CC[C@]3(C)C(=O)CC[C@@H]23)[C@@]2(C)C(=NO)CC(N3CCCC3)CC12. The molecular formula is C24H38N2O2. The molecule has 4 saturated carbocycles. The Morgan fingerprint density at radius 3 is 2.54 bits per heavy atom. The van der Waals surface area contributed by atoms with Gasteiger partial charge in [0, 0.05) is 29.7 Å². The van der Waals surface area contributed by atoms with Gasteiger partial charge in [0.05, 0.1) is 5.71 Å². The Morgan fingerprint density at radius 2 is 1.82 bits per heavy atom. The molecule has 5 rings (SSSR count). The van der Waals surface area contributed by atoms with E-state index in [1.54, 1.807) is 0 Å². The zero-order chi connectivity index (χ0) is 19.7. The van der Waals surface area contributed by atoms with Gasteiger partial charge in [-0.15, -0.1) is 0 Å². The van der Waals surface area contributed by atoms with Crippen molar-refractivity contribution in [1.29, 1.82) is 0 Å². The minimum atomic E-state index is -0.0760. The molecule has 0 aromatic carbocycles. The number of ketones is 1. The lowest BCUT2D eigenvalue weighted by atomic mass is 9.42. The van der Waals surface area contributed by atoms with Gasteiger partial charge in [-0.25, -0.2) is 0 Å². The van der Waals surface area contributed by atoms with E-state index < -0.39 is 0 Å². The fourth-order valence-corrected chi connectivity index (χ4v) is 8.85. The van der Waals surface area contributed by atoms with Crippen molar-refractivity contribution >= 4 is 11.5 Å². The van der Waals surface area contributed by atoms with Crippen LogP contribution in [0.2, 0.25) is 0 Å². The molecule has 0 amide bonds. The van der Waals surface area contributed by atoms with Crippen LogP contribution in [-0.4, -0.2) is 40.7 Å². The number of hydrogen-bond donors (Lipinski definition) is 1. The largest absolute Gasteiger partial charge is 0.411 e. The molecule has 1 N–H and O–H groups in total. The number of hydrogen-bond acceptors (Lipinski definition) is 4. The van der Waals surface area contributed by atoms with Gasteiger partial charge in [-0.3, -0.25) is 9.69 Å². The van der Waals surface area contributed by atoms with E-state index in [2.05, 4.69) is 30.8 Å². The molecule has 1 heterocycles. The number of rotatable bonds is 1. The minimum Gasteiger partial charge on any atom is -0.411 e. The second kappa shape index (κ2) is 6.55. The van der Waals surface area contributed by atoms with Gasteiger partial charge in [-0.05, 0) is 87.6 Å². The highest BCUT2D eigenvalue weighted by atomic mass is 16.4. The predicted octanol–water partition coefficient (Wildman–Crippen LogP) is 4.75. The molecule has 0 bridgehead atoms. The molecule has 5 aliphatic rings. The Morgan fingerprint density at radius 1 is 1.07 bits per heavy atom. The van der Waals surface area contributed by atoms with E-state index in [4.69, 9.17) is 0 Å². The highest BCUT2D eigenvalue weighted by Gasteiger charge is 2.63. The summed E-state index contributed by atoms with van der Waals surface area (Å²) in [6.45, 7) is 9.57. The van der Waals surface area contributed by atoms with Crippen LogP contribution < -0.4 is 0 Å². The summed E-state index contributed by atoms with van der Waals surface area (Å²) in [5.41, 5.74) is 1.02. The molecule has 156 valence electrons. The van der Waals surface area contributed by atoms with Crippen LogP contribution in [0.3, 0.4) is 0 Å². The number of likely N-dealkylation sites (tertiary alicyclic amines) is 1. The van der Waals surface area contributed by atoms with Gasteiger partial charge < -0.3 is 5.21 Å². The van der Waals surface area contributed by atoms with Crippen molar-refractivity contribution in [2.24, 2.45) is 45.6 Å². The quantitative estimate of drug-likeness (QED) is 0.523. The molecule has 0 radical (unpaired) electrons. The first-order chi connectivity index (χ1) is 13.4. The maximum atomic E-state index is 12.7. The molecule has 1 aliphatic heterocycles. The van der Waals surface area contributed by atoms with Crippen LogP contribution in [0.15, 0.2) is 5.16 Å². The van der Waals surface area contributed by atoms with Crippen LogP contribution >= 0.6 is 0 Å². The summed E-state index contributed by atoms with van der Waals surface area (Å²) < 4.78 is 0. The number of oxime groups is 1. The Bertz CT molecular complexity index is 684. The van der Waals surface area contributed by atoms with E-state index in [1.807, 2.05) is 0 Å². The van der Waals surface area contributed by atoms with E-state index >= 15 is 0 Å². The first-order valence-electron chi connectivity index (χ1n) is 11.9. The van der Waals surface area contributed by atoms with Gasteiger partial charge in [0.15, 0.2) is 0 Å².